The van der Waals surface area contributed by atoms with E-state index in [1.807, 2.05) is 6.07 Å². The van der Waals surface area contributed by atoms with Crippen molar-refractivity contribution < 1.29 is 9.13 Å². The van der Waals surface area contributed by atoms with Crippen molar-refractivity contribution in [3.63, 3.8) is 0 Å². The summed E-state index contributed by atoms with van der Waals surface area (Å²) in [4.78, 5) is 0.735. The molecule has 104 valence electrons. The molecule has 2 aliphatic heterocycles. The molecule has 3 aliphatic rings. The lowest BCUT2D eigenvalue weighted by Gasteiger charge is -2.17. The van der Waals surface area contributed by atoms with Crippen molar-refractivity contribution >= 4 is 19.8 Å². The minimum Gasteiger partial charge on any atom is -0.493 e. The first-order valence-electron chi connectivity index (χ1n) is 7.33. The lowest BCUT2D eigenvalue weighted by molar-refractivity contribution is 0.355. The molecule has 5 heteroatoms. The maximum Gasteiger partial charge on any atom is 0.141 e. The van der Waals surface area contributed by atoms with Gasteiger partial charge in [0.05, 0.1) is 19.3 Å². The van der Waals surface area contributed by atoms with Crippen LogP contribution in [0.3, 0.4) is 0 Å². The highest BCUT2D eigenvalue weighted by Crippen LogP contribution is 2.46. The summed E-state index contributed by atoms with van der Waals surface area (Å²) in [5, 5.41) is 0. The Morgan fingerprint density at radius 3 is 2.75 bits per heavy atom. The normalized spacial score (nSPS) is 32.1. The van der Waals surface area contributed by atoms with Gasteiger partial charge in [-0.05, 0) is 35.4 Å². The average molecular weight is 289 g/mol. The third-order valence-electron chi connectivity index (χ3n) is 4.73. The summed E-state index contributed by atoms with van der Waals surface area (Å²) in [6.45, 7) is 2.75. The topological polar surface area (TPSA) is 12.5 Å². The zero-order chi connectivity index (χ0) is 13.7. The summed E-state index contributed by atoms with van der Waals surface area (Å²) in [7, 11) is 6.01. The Kier molecular flexibility index (Phi) is 3.22. The van der Waals surface area contributed by atoms with Crippen molar-refractivity contribution in [1.29, 1.82) is 0 Å². The van der Waals surface area contributed by atoms with Crippen molar-refractivity contribution in [3.05, 3.63) is 23.5 Å². The van der Waals surface area contributed by atoms with E-state index in [-0.39, 0.29) is 5.82 Å². The van der Waals surface area contributed by atoms with Gasteiger partial charge < -0.3 is 4.74 Å². The Labute approximate surface area is 124 Å². The maximum atomic E-state index is 14.1. The number of ether oxygens (including phenoxy) is 1. The molecule has 0 spiro atoms. The summed E-state index contributed by atoms with van der Waals surface area (Å²) in [5.74, 6) is 2.35. The Morgan fingerprint density at radius 2 is 2.00 bits per heavy atom. The van der Waals surface area contributed by atoms with Crippen LogP contribution in [0.2, 0.25) is 5.82 Å². The van der Waals surface area contributed by atoms with E-state index in [1.54, 1.807) is 11.9 Å². The maximum absolute atomic E-state index is 14.1. The summed E-state index contributed by atoms with van der Waals surface area (Å²) in [6.07, 6.45) is 3.15. The Morgan fingerprint density at radius 1 is 1.25 bits per heavy atom. The molecule has 1 aromatic rings. The van der Waals surface area contributed by atoms with Gasteiger partial charge in [-0.25, -0.2) is 8.70 Å². The zero-order valence-corrected chi connectivity index (χ0v) is 12.2. The van der Waals surface area contributed by atoms with Crippen molar-refractivity contribution in [3.8, 4) is 5.75 Å². The number of fused-ring (bicyclic) bond motifs is 2. The molecule has 1 saturated heterocycles. The summed E-state index contributed by atoms with van der Waals surface area (Å²) < 4.78 is 21.8. The van der Waals surface area contributed by atoms with Crippen molar-refractivity contribution in [2.45, 2.75) is 30.0 Å². The monoisotopic (exact) mass is 289 g/mol. The van der Waals surface area contributed by atoms with Gasteiger partial charge >= 0.3 is 0 Å². The smallest absolute Gasteiger partial charge is 0.141 e. The van der Waals surface area contributed by atoms with Gasteiger partial charge in [-0.15, -0.1) is 0 Å². The minimum atomic E-state index is -0.163. The van der Waals surface area contributed by atoms with Crippen LogP contribution < -0.4 is 4.74 Å². The van der Waals surface area contributed by atoms with Gasteiger partial charge in [-0.1, -0.05) is 18.7 Å². The fourth-order valence-corrected chi connectivity index (χ4v) is 4.92. The lowest BCUT2D eigenvalue weighted by Crippen LogP contribution is -2.14. The Bertz CT molecular complexity index is 527. The molecular formula is C15H17BFNOS. The molecule has 0 aromatic heterocycles. The standard InChI is InChI=1S/C15H17BFNOS/c16-12-3-10-7-18(8-11(10)4-12)20-15-5-9-1-2-19-14(9)6-13(15)17/h5-6,10-12H,1-4,7-8H2/t10-,11?,12?/m1/s1. The highest BCUT2D eigenvalue weighted by atomic mass is 32.2. The number of benzene rings is 1. The summed E-state index contributed by atoms with van der Waals surface area (Å²) in [6, 6.07) is 3.50. The predicted octanol–water partition coefficient (Wildman–Crippen LogP) is 3.07. The van der Waals surface area contributed by atoms with E-state index < -0.39 is 0 Å². The first kappa shape index (κ1) is 13.0. The molecule has 1 aromatic carbocycles. The molecule has 0 amide bonds. The van der Waals surface area contributed by atoms with Gasteiger partial charge in [0, 0.05) is 25.6 Å². The molecular weight excluding hydrogens is 272 g/mol. The van der Waals surface area contributed by atoms with Gasteiger partial charge in [0.25, 0.3) is 0 Å². The second-order valence-corrected chi connectivity index (χ2v) is 7.32. The quantitative estimate of drug-likeness (QED) is 0.613. The first-order chi connectivity index (χ1) is 9.69. The SMILES string of the molecule is [B]C1CC2CN(Sc3cc4c(cc3F)OCC4)C[C@H]2C1. The predicted molar refractivity (Wildman–Crippen MR) is 78.7 cm³/mol. The molecule has 20 heavy (non-hydrogen) atoms. The van der Waals surface area contributed by atoms with Crippen LogP contribution in [0, 0.1) is 17.7 Å². The molecule has 2 unspecified atom stereocenters. The third kappa shape index (κ3) is 2.25. The molecule has 4 rings (SSSR count). The zero-order valence-electron chi connectivity index (χ0n) is 11.3. The molecule has 1 aliphatic carbocycles. The average Bonchev–Trinajstić information content (AvgIpc) is 3.04. The van der Waals surface area contributed by atoms with Gasteiger partial charge in [-0.3, -0.25) is 0 Å². The largest absolute Gasteiger partial charge is 0.493 e. The van der Waals surface area contributed by atoms with Gasteiger partial charge in [0.2, 0.25) is 0 Å². The van der Waals surface area contributed by atoms with Crippen LogP contribution in [-0.2, 0) is 6.42 Å². The van der Waals surface area contributed by atoms with E-state index in [1.165, 1.54) is 6.07 Å². The molecule has 2 heterocycles. The van der Waals surface area contributed by atoms with E-state index in [9.17, 15) is 4.39 Å². The number of rotatable bonds is 2. The number of hydrogen-bond acceptors (Lipinski definition) is 3. The van der Waals surface area contributed by atoms with E-state index in [2.05, 4.69) is 4.31 Å². The first-order valence-corrected chi connectivity index (χ1v) is 8.10. The van der Waals surface area contributed by atoms with Crippen molar-refractivity contribution in [2.75, 3.05) is 19.7 Å². The van der Waals surface area contributed by atoms with Gasteiger partial charge in [0.15, 0.2) is 0 Å². The van der Waals surface area contributed by atoms with Crippen molar-refractivity contribution in [2.24, 2.45) is 11.8 Å². The van der Waals surface area contributed by atoms with Crippen LogP contribution in [0.25, 0.3) is 0 Å². The molecule has 0 bridgehead atoms. The third-order valence-corrected chi connectivity index (χ3v) is 5.79. The molecule has 2 radical (unpaired) electrons. The van der Waals surface area contributed by atoms with E-state index in [0.717, 1.165) is 48.6 Å². The number of hydrogen-bond donors (Lipinski definition) is 0. The molecule has 2 fully saturated rings. The van der Waals surface area contributed by atoms with Gasteiger partial charge in [-0.2, -0.15) is 0 Å². The van der Waals surface area contributed by atoms with Crippen LogP contribution in [0.15, 0.2) is 17.0 Å². The van der Waals surface area contributed by atoms with Gasteiger partial charge in [0.1, 0.15) is 11.6 Å². The molecule has 0 N–H and O–H groups in total. The fraction of sp³-hybridized carbons (Fsp3) is 0.600. The molecule has 3 atom stereocenters. The summed E-state index contributed by atoms with van der Waals surface area (Å²) in [5.41, 5.74) is 1.13. The number of halogens is 1. The van der Waals surface area contributed by atoms with Crippen LogP contribution in [0.1, 0.15) is 18.4 Å². The Balaban J connectivity index is 1.48. The van der Waals surface area contributed by atoms with E-state index >= 15 is 0 Å². The van der Waals surface area contributed by atoms with Crippen molar-refractivity contribution in [1.82, 2.24) is 4.31 Å². The van der Waals surface area contributed by atoms with Crippen LogP contribution >= 0.6 is 11.9 Å². The van der Waals surface area contributed by atoms with Crippen LogP contribution in [0.4, 0.5) is 4.39 Å². The van der Waals surface area contributed by atoms with Crippen LogP contribution in [0.5, 0.6) is 5.75 Å². The van der Waals surface area contributed by atoms with E-state index in [0.29, 0.717) is 24.3 Å². The Hall–Kier alpha value is -0.675. The lowest BCUT2D eigenvalue weighted by atomic mass is 9.85. The fourth-order valence-electron chi connectivity index (χ4n) is 3.77. The minimum absolute atomic E-state index is 0.163. The van der Waals surface area contributed by atoms with E-state index in [4.69, 9.17) is 12.6 Å². The highest BCUT2D eigenvalue weighted by molar-refractivity contribution is 7.97. The number of nitrogens with zero attached hydrogens (tertiary/aromatic N) is 1. The van der Waals surface area contributed by atoms with Crippen LogP contribution in [-0.4, -0.2) is 31.8 Å². The second-order valence-electron chi connectivity index (χ2n) is 6.18. The molecule has 2 nitrogen and oxygen atoms in total. The summed E-state index contributed by atoms with van der Waals surface area (Å²) >= 11 is 1.56. The highest BCUT2D eigenvalue weighted by Gasteiger charge is 2.39. The second kappa shape index (κ2) is 4.95. The molecule has 1 saturated carbocycles.